The molecule has 0 fully saturated rings. The van der Waals surface area contributed by atoms with E-state index in [2.05, 4.69) is 22.3 Å². The van der Waals surface area contributed by atoms with Gasteiger partial charge in [0.15, 0.2) is 0 Å². The molecule has 31 heavy (non-hydrogen) atoms. The number of benzene rings is 2. The minimum absolute atomic E-state index is 0.00261. The highest BCUT2D eigenvalue weighted by Crippen LogP contribution is 2.32. The van der Waals surface area contributed by atoms with E-state index >= 15 is 0 Å². The van der Waals surface area contributed by atoms with E-state index in [4.69, 9.17) is 20.9 Å². The van der Waals surface area contributed by atoms with E-state index in [1.807, 2.05) is 0 Å². The lowest BCUT2D eigenvalue weighted by Gasteiger charge is -2.08. The van der Waals surface area contributed by atoms with E-state index in [9.17, 15) is 18.0 Å². The average molecular weight is 449 g/mol. The molecule has 0 spiro atoms. The highest BCUT2D eigenvalue weighted by molar-refractivity contribution is 6.33. The first-order chi connectivity index (χ1) is 14.8. The van der Waals surface area contributed by atoms with E-state index in [1.54, 1.807) is 31.2 Å². The zero-order valence-corrected chi connectivity index (χ0v) is 17.0. The van der Waals surface area contributed by atoms with Gasteiger partial charge in [0.05, 0.1) is 17.1 Å². The largest absolute Gasteiger partial charge is 0.481 e. The number of carbonyl (C=O) groups excluding carboxylic acids is 1. The number of alkyl halides is 3. The summed E-state index contributed by atoms with van der Waals surface area (Å²) < 4.78 is 48.4. The van der Waals surface area contributed by atoms with E-state index in [-0.39, 0.29) is 24.5 Å². The van der Waals surface area contributed by atoms with Gasteiger partial charge in [-0.3, -0.25) is 4.79 Å². The van der Waals surface area contributed by atoms with Crippen molar-refractivity contribution in [1.29, 1.82) is 0 Å². The van der Waals surface area contributed by atoms with Gasteiger partial charge in [-0.15, -0.1) is 0 Å². The molecule has 0 unspecified atom stereocenters. The first-order valence-electron chi connectivity index (χ1n) is 9.02. The standard InChI is InChI=1S/C22H16ClF3N2O3/c1-14-19(20(28-31-14)17-9-2-3-10-18(17)23)21(29)27-11-4-5-12-30-16-8-6-7-15(13-16)22(24,25)26/h2-3,6-10,13H,11-12H2,1H3,(H,27,29). The van der Waals surface area contributed by atoms with Gasteiger partial charge in [-0.2, -0.15) is 13.2 Å². The molecule has 1 heterocycles. The molecule has 0 aliphatic heterocycles. The van der Waals surface area contributed by atoms with E-state index in [1.165, 1.54) is 12.1 Å². The van der Waals surface area contributed by atoms with Crippen molar-refractivity contribution in [2.75, 3.05) is 13.2 Å². The molecule has 160 valence electrons. The summed E-state index contributed by atoms with van der Waals surface area (Å²) in [5.74, 6) is 5.25. The number of carbonyl (C=O) groups is 1. The molecule has 1 aromatic heterocycles. The summed E-state index contributed by atoms with van der Waals surface area (Å²) in [6, 6.07) is 11.4. The lowest BCUT2D eigenvalue weighted by atomic mass is 10.1. The summed E-state index contributed by atoms with van der Waals surface area (Å²) >= 11 is 6.18. The number of ether oxygens (including phenoxy) is 1. The lowest BCUT2D eigenvalue weighted by molar-refractivity contribution is -0.137. The van der Waals surface area contributed by atoms with Crippen molar-refractivity contribution in [2.45, 2.75) is 13.1 Å². The molecule has 2 aromatic carbocycles. The van der Waals surface area contributed by atoms with Crippen molar-refractivity contribution in [3.63, 3.8) is 0 Å². The summed E-state index contributed by atoms with van der Waals surface area (Å²) in [6.07, 6.45) is -4.45. The van der Waals surface area contributed by atoms with Crippen molar-refractivity contribution in [1.82, 2.24) is 10.5 Å². The van der Waals surface area contributed by atoms with Gasteiger partial charge in [0.25, 0.3) is 5.91 Å². The van der Waals surface area contributed by atoms with Crippen LogP contribution in [0.4, 0.5) is 13.2 Å². The van der Waals surface area contributed by atoms with E-state index in [0.29, 0.717) is 22.0 Å². The van der Waals surface area contributed by atoms with Crippen molar-refractivity contribution < 1.29 is 27.2 Å². The minimum Gasteiger partial charge on any atom is -0.481 e. The van der Waals surface area contributed by atoms with E-state index < -0.39 is 17.6 Å². The van der Waals surface area contributed by atoms with Crippen LogP contribution in [-0.2, 0) is 6.18 Å². The molecular weight excluding hydrogens is 433 g/mol. The van der Waals surface area contributed by atoms with Gasteiger partial charge in [-0.1, -0.05) is 52.9 Å². The molecular formula is C22H16ClF3N2O3. The summed E-state index contributed by atoms with van der Waals surface area (Å²) in [7, 11) is 0. The van der Waals surface area contributed by atoms with Crippen LogP contribution < -0.4 is 10.1 Å². The third-order valence-electron chi connectivity index (χ3n) is 4.15. The number of hydrogen-bond donors (Lipinski definition) is 1. The Bertz CT molecular complexity index is 1150. The average Bonchev–Trinajstić information content (AvgIpc) is 3.11. The predicted molar refractivity (Wildman–Crippen MR) is 109 cm³/mol. The van der Waals surface area contributed by atoms with Gasteiger partial charge in [0.1, 0.15) is 29.4 Å². The molecule has 0 saturated heterocycles. The zero-order valence-electron chi connectivity index (χ0n) is 16.2. The van der Waals surface area contributed by atoms with Crippen molar-refractivity contribution >= 4 is 17.5 Å². The predicted octanol–water partition coefficient (Wildman–Crippen LogP) is 5.13. The molecule has 3 aromatic rings. The van der Waals surface area contributed by atoms with Crippen LogP contribution in [0.25, 0.3) is 11.3 Å². The van der Waals surface area contributed by atoms with Crippen molar-refractivity contribution in [2.24, 2.45) is 0 Å². The van der Waals surface area contributed by atoms with Crippen LogP contribution in [0.1, 0.15) is 21.7 Å². The Hall–Kier alpha value is -3.44. The minimum atomic E-state index is -4.45. The third-order valence-corrected chi connectivity index (χ3v) is 4.48. The zero-order chi connectivity index (χ0) is 22.4. The fourth-order valence-electron chi connectivity index (χ4n) is 2.68. The van der Waals surface area contributed by atoms with Crippen LogP contribution >= 0.6 is 11.6 Å². The van der Waals surface area contributed by atoms with Gasteiger partial charge in [-0.25, -0.2) is 0 Å². The maximum absolute atomic E-state index is 12.7. The molecule has 0 saturated carbocycles. The Morgan fingerprint density at radius 1 is 1.19 bits per heavy atom. The molecule has 1 N–H and O–H groups in total. The van der Waals surface area contributed by atoms with Crippen LogP contribution in [0, 0.1) is 18.8 Å². The van der Waals surface area contributed by atoms with Crippen LogP contribution in [-0.4, -0.2) is 24.2 Å². The summed E-state index contributed by atoms with van der Waals surface area (Å²) in [6.45, 7) is 1.47. The van der Waals surface area contributed by atoms with Crippen LogP contribution in [0.15, 0.2) is 53.1 Å². The second-order valence-corrected chi connectivity index (χ2v) is 6.70. The number of amides is 1. The summed E-state index contributed by atoms with van der Waals surface area (Å²) in [5.41, 5.74) is 0.326. The van der Waals surface area contributed by atoms with E-state index in [0.717, 1.165) is 12.1 Å². The lowest BCUT2D eigenvalue weighted by Crippen LogP contribution is -2.24. The molecule has 3 rings (SSSR count). The highest BCUT2D eigenvalue weighted by atomic mass is 35.5. The molecule has 0 bridgehead atoms. The molecule has 0 aliphatic rings. The monoisotopic (exact) mass is 448 g/mol. The molecule has 0 atom stereocenters. The smallest absolute Gasteiger partial charge is 0.416 e. The van der Waals surface area contributed by atoms with Crippen LogP contribution in [0.5, 0.6) is 5.75 Å². The number of aryl methyl sites for hydroxylation is 1. The van der Waals surface area contributed by atoms with Gasteiger partial charge in [-0.05, 0) is 31.2 Å². The fraction of sp³-hybridized carbons (Fsp3) is 0.182. The van der Waals surface area contributed by atoms with Crippen molar-refractivity contribution in [3.05, 3.63) is 70.4 Å². The first kappa shape index (κ1) is 22.2. The Morgan fingerprint density at radius 2 is 1.97 bits per heavy atom. The number of hydrogen-bond acceptors (Lipinski definition) is 4. The van der Waals surface area contributed by atoms with Crippen molar-refractivity contribution in [3.8, 4) is 28.8 Å². The maximum atomic E-state index is 12.7. The number of halogens is 4. The third kappa shape index (κ3) is 5.58. The Labute approximate surface area is 181 Å². The normalized spacial score (nSPS) is 10.9. The van der Waals surface area contributed by atoms with Gasteiger partial charge in [0, 0.05) is 5.56 Å². The quantitative estimate of drug-likeness (QED) is 0.549. The highest BCUT2D eigenvalue weighted by Gasteiger charge is 2.30. The molecule has 0 radical (unpaired) electrons. The van der Waals surface area contributed by atoms with Gasteiger partial charge >= 0.3 is 6.18 Å². The number of rotatable bonds is 5. The number of nitrogens with zero attached hydrogens (tertiary/aromatic N) is 1. The second kappa shape index (κ2) is 9.58. The summed E-state index contributed by atoms with van der Waals surface area (Å²) in [5, 5.41) is 6.98. The molecule has 1 amide bonds. The first-order valence-corrected chi connectivity index (χ1v) is 9.40. The maximum Gasteiger partial charge on any atom is 0.416 e. The Balaban J connectivity index is 1.57. The number of nitrogens with one attached hydrogen (secondary N) is 1. The van der Waals surface area contributed by atoms with Gasteiger partial charge in [0.2, 0.25) is 0 Å². The van der Waals surface area contributed by atoms with Gasteiger partial charge < -0.3 is 14.6 Å². The molecule has 9 heteroatoms. The molecule has 0 aliphatic carbocycles. The topological polar surface area (TPSA) is 64.4 Å². The SMILES string of the molecule is Cc1onc(-c2ccccc2Cl)c1C(=O)NCC#CCOc1cccc(C(F)(F)F)c1. The number of aromatic nitrogens is 1. The molecule has 5 nitrogen and oxygen atoms in total. The summed E-state index contributed by atoms with van der Waals surface area (Å²) in [4.78, 5) is 12.6. The second-order valence-electron chi connectivity index (χ2n) is 6.29. The Morgan fingerprint density at radius 3 is 2.71 bits per heavy atom. The van der Waals surface area contributed by atoms with Crippen LogP contribution in [0.3, 0.4) is 0 Å². The Kier molecular flexibility index (Phi) is 6.88. The fourth-order valence-corrected chi connectivity index (χ4v) is 2.91. The van der Waals surface area contributed by atoms with Crippen LogP contribution in [0.2, 0.25) is 5.02 Å².